The number of hydrogen-bond acceptors (Lipinski definition) is 4. The number of fused-ring (bicyclic) bond motifs is 1. The lowest BCUT2D eigenvalue weighted by Crippen LogP contribution is -2.44. The highest BCUT2D eigenvalue weighted by atomic mass is 16.5. The van der Waals surface area contributed by atoms with E-state index in [4.69, 9.17) is 9.84 Å². The van der Waals surface area contributed by atoms with Crippen LogP contribution in [0.5, 0.6) is 5.75 Å². The summed E-state index contributed by atoms with van der Waals surface area (Å²) in [5, 5.41) is 14.7. The van der Waals surface area contributed by atoms with Crippen molar-refractivity contribution in [1.82, 2.24) is 4.90 Å². The molecule has 1 aromatic rings. The summed E-state index contributed by atoms with van der Waals surface area (Å²) in [6.07, 6.45) is 2.28. The Morgan fingerprint density at radius 1 is 1.36 bits per heavy atom. The Morgan fingerprint density at radius 3 is 2.88 bits per heavy atom. The van der Waals surface area contributed by atoms with E-state index in [-0.39, 0.29) is 18.5 Å². The highest BCUT2D eigenvalue weighted by Crippen LogP contribution is 2.34. The van der Waals surface area contributed by atoms with Gasteiger partial charge in [0.15, 0.2) is 0 Å². The van der Waals surface area contributed by atoms with E-state index in [9.17, 15) is 14.4 Å². The zero-order valence-corrected chi connectivity index (χ0v) is 14.0. The standard InChI is InChI=1S/C17H21N3O5/c1-25-14-7-10-4-5-15(21)18-12(10)8-13(14)19-17(24)20-6-2-3-11(9-20)16(22)23/h7-8,11H,2-6,9H2,1H3,(H,18,21)(H,19,24)(H,22,23). The van der Waals surface area contributed by atoms with E-state index in [0.29, 0.717) is 49.4 Å². The van der Waals surface area contributed by atoms with E-state index < -0.39 is 11.9 Å². The van der Waals surface area contributed by atoms with Gasteiger partial charge in [0.05, 0.1) is 18.7 Å². The first-order valence-electron chi connectivity index (χ1n) is 8.27. The molecule has 2 aliphatic rings. The number of anilines is 2. The molecule has 8 nitrogen and oxygen atoms in total. The normalized spacial score (nSPS) is 19.6. The van der Waals surface area contributed by atoms with Gasteiger partial charge in [-0.15, -0.1) is 0 Å². The van der Waals surface area contributed by atoms with Crippen LogP contribution in [0.3, 0.4) is 0 Å². The Kier molecular flexibility index (Phi) is 4.78. The minimum Gasteiger partial charge on any atom is -0.495 e. The molecule has 25 heavy (non-hydrogen) atoms. The highest BCUT2D eigenvalue weighted by molar-refractivity contribution is 5.97. The second-order valence-electron chi connectivity index (χ2n) is 6.31. The second kappa shape index (κ2) is 7.00. The predicted octanol–water partition coefficient (Wildman–Crippen LogP) is 1.91. The van der Waals surface area contributed by atoms with Crippen molar-refractivity contribution in [1.29, 1.82) is 0 Å². The number of carboxylic acids is 1. The maximum absolute atomic E-state index is 12.5. The van der Waals surface area contributed by atoms with Crippen molar-refractivity contribution in [3.63, 3.8) is 0 Å². The number of methoxy groups -OCH3 is 1. The maximum atomic E-state index is 12.5. The van der Waals surface area contributed by atoms with Gasteiger partial charge in [0.2, 0.25) is 5.91 Å². The molecule has 3 rings (SSSR count). The average molecular weight is 347 g/mol. The molecule has 2 aliphatic heterocycles. The number of carbonyl (C=O) groups is 3. The first-order valence-corrected chi connectivity index (χ1v) is 8.27. The number of rotatable bonds is 3. The summed E-state index contributed by atoms with van der Waals surface area (Å²) in [5.41, 5.74) is 2.07. The van der Waals surface area contributed by atoms with Gasteiger partial charge in [-0.1, -0.05) is 0 Å². The van der Waals surface area contributed by atoms with Gasteiger partial charge in [-0.2, -0.15) is 0 Å². The Balaban J connectivity index is 1.77. The summed E-state index contributed by atoms with van der Waals surface area (Å²) >= 11 is 0. The number of aryl methyl sites for hydroxylation is 1. The predicted molar refractivity (Wildman–Crippen MR) is 90.9 cm³/mol. The summed E-state index contributed by atoms with van der Waals surface area (Å²) in [4.78, 5) is 36.7. The molecule has 1 saturated heterocycles. The van der Waals surface area contributed by atoms with Gasteiger partial charge in [-0.05, 0) is 37.0 Å². The third-order valence-corrected chi connectivity index (χ3v) is 4.62. The molecule has 0 saturated carbocycles. The molecule has 1 aromatic carbocycles. The number of likely N-dealkylation sites (tertiary alicyclic amines) is 1. The number of hydrogen-bond donors (Lipinski definition) is 3. The van der Waals surface area contributed by atoms with E-state index in [0.717, 1.165) is 5.56 Å². The van der Waals surface area contributed by atoms with Gasteiger partial charge in [0.25, 0.3) is 0 Å². The van der Waals surface area contributed by atoms with E-state index in [2.05, 4.69) is 10.6 Å². The van der Waals surface area contributed by atoms with Crippen LogP contribution in [-0.4, -0.2) is 48.1 Å². The van der Waals surface area contributed by atoms with E-state index in [1.165, 1.54) is 12.0 Å². The minimum absolute atomic E-state index is 0.0599. The van der Waals surface area contributed by atoms with Crippen LogP contribution in [0.1, 0.15) is 24.8 Å². The molecule has 3 N–H and O–H groups in total. The van der Waals surface area contributed by atoms with Crippen molar-refractivity contribution in [3.05, 3.63) is 17.7 Å². The van der Waals surface area contributed by atoms with Gasteiger partial charge in [0.1, 0.15) is 5.75 Å². The zero-order chi connectivity index (χ0) is 18.0. The Hall–Kier alpha value is -2.77. The molecule has 1 fully saturated rings. The molecule has 2 heterocycles. The fourth-order valence-electron chi connectivity index (χ4n) is 3.23. The number of aliphatic carboxylic acids is 1. The zero-order valence-electron chi connectivity index (χ0n) is 14.0. The van der Waals surface area contributed by atoms with Crippen LogP contribution < -0.4 is 15.4 Å². The topological polar surface area (TPSA) is 108 Å². The number of nitrogens with zero attached hydrogens (tertiary/aromatic N) is 1. The summed E-state index contributed by atoms with van der Waals surface area (Å²) in [6, 6.07) is 3.12. The maximum Gasteiger partial charge on any atom is 0.321 e. The van der Waals surface area contributed by atoms with Crippen molar-refractivity contribution >= 4 is 29.3 Å². The fraction of sp³-hybridized carbons (Fsp3) is 0.471. The van der Waals surface area contributed by atoms with Crippen LogP contribution in [-0.2, 0) is 16.0 Å². The Labute approximate surface area is 145 Å². The van der Waals surface area contributed by atoms with Crippen LogP contribution in [0.2, 0.25) is 0 Å². The van der Waals surface area contributed by atoms with Crippen LogP contribution in [0, 0.1) is 5.92 Å². The first-order chi connectivity index (χ1) is 12.0. The lowest BCUT2D eigenvalue weighted by Gasteiger charge is -2.31. The molecule has 134 valence electrons. The molecule has 0 aliphatic carbocycles. The van der Waals surface area contributed by atoms with Crippen molar-refractivity contribution in [2.75, 3.05) is 30.8 Å². The number of amides is 3. The van der Waals surface area contributed by atoms with Gasteiger partial charge in [-0.25, -0.2) is 4.79 Å². The van der Waals surface area contributed by atoms with Gasteiger partial charge >= 0.3 is 12.0 Å². The Bertz CT molecular complexity index is 718. The largest absolute Gasteiger partial charge is 0.495 e. The SMILES string of the molecule is COc1cc2c(cc1NC(=O)N1CCCC(C(=O)O)C1)NC(=O)CC2. The van der Waals surface area contributed by atoms with Crippen molar-refractivity contribution < 1.29 is 24.2 Å². The summed E-state index contributed by atoms with van der Waals surface area (Å²) < 4.78 is 5.35. The number of urea groups is 1. The molecular formula is C17H21N3O5. The number of carbonyl (C=O) groups excluding carboxylic acids is 2. The summed E-state index contributed by atoms with van der Waals surface area (Å²) in [6.45, 7) is 0.699. The first kappa shape index (κ1) is 17.1. The van der Waals surface area contributed by atoms with Crippen LogP contribution in [0.25, 0.3) is 0 Å². The van der Waals surface area contributed by atoms with Crippen molar-refractivity contribution in [2.24, 2.45) is 5.92 Å². The van der Waals surface area contributed by atoms with E-state index >= 15 is 0 Å². The van der Waals surface area contributed by atoms with Crippen molar-refractivity contribution in [3.8, 4) is 5.75 Å². The lowest BCUT2D eigenvalue weighted by atomic mass is 9.98. The highest BCUT2D eigenvalue weighted by Gasteiger charge is 2.29. The molecule has 0 bridgehead atoms. The number of nitrogens with one attached hydrogen (secondary N) is 2. The van der Waals surface area contributed by atoms with E-state index in [1.54, 1.807) is 12.1 Å². The molecule has 8 heteroatoms. The van der Waals surface area contributed by atoms with Gasteiger partial charge in [0, 0.05) is 25.2 Å². The number of ether oxygens (including phenoxy) is 1. The summed E-state index contributed by atoms with van der Waals surface area (Å²) in [5.74, 6) is -0.971. The number of benzene rings is 1. The molecular weight excluding hydrogens is 326 g/mol. The third-order valence-electron chi connectivity index (χ3n) is 4.62. The number of piperidine rings is 1. The molecule has 0 radical (unpaired) electrons. The Morgan fingerprint density at radius 2 is 2.16 bits per heavy atom. The van der Waals surface area contributed by atoms with Crippen LogP contribution in [0.4, 0.5) is 16.2 Å². The van der Waals surface area contributed by atoms with E-state index in [1.807, 2.05) is 0 Å². The number of carboxylic acid groups (broad SMARTS) is 1. The second-order valence-corrected chi connectivity index (χ2v) is 6.31. The molecule has 0 spiro atoms. The molecule has 1 unspecified atom stereocenters. The average Bonchev–Trinajstić information content (AvgIpc) is 2.61. The molecule has 1 atom stereocenters. The smallest absolute Gasteiger partial charge is 0.321 e. The monoisotopic (exact) mass is 347 g/mol. The lowest BCUT2D eigenvalue weighted by molar-refractivity contribution is -0.143. The fourth-order valence-corrected chi connectivity index (χ4v) is 3.23. The van der Waals surface area contributed by atoms with Gasteiger partial charge in [-0.3, -0.25) is 9.59 Å². The third kappa shape index (κ3) is 3.67. The summed E-state index contributed by atoms with van der Waals surface area (Å²) in [7, 11) is 1.51. The quantitative estimate of drug-likeness (QED) is 0.774. The van der Waals surface area contributed by atoms with Crippen molar-refractivity contribution in [2.45, 2.75) is 25.7 Å². The molecule has 0 aromatic heterocycles. The molecule has 3 amide bonds. The minimum atomic E-state index is -0.883. The van der Waals surface area contributed by atoms with Gasteiger partial charge < -0.3 is 25.4 Å². The van der Waals surface area contributed by atoms with Crippen LogP contribution >= 0.6 is 0 Å². The van der Waals surface area contributed by atoms with Crippen LogP contribution in [0.15, 0.2) is 12.1 Å².